The van der Waals surface area contributed by atoms with Crippen LogP contribution in [0.1, 0.15) is 42.4 Å². The maximum atomic E-state index is 10.8. The van der Waals surface area contributed by atoms with E-state index >= 15 is 0 Å². The van der Waals surface area contributed by atoms with Crippen molar-refractivity contribution in [2.75, 3.05) is 32.0 Å². The van der Waals surface area contributed by atoms with Crippen LogP contribution in [0.3, 0.4) is 0 Å². The standard InChI is InChI=1S/C36H40Cl2N4O5/c37-31-19-27(21-39)34(46-22-24-9-10-33(41-44)32(40)17-24)20-35(31)47-23-26-6-4-8-30(36(26)38)25-5-3-7-29(18-25)45-16-2-1-13-42-14-11-28(43)12-15-42/h3-10,17-20,28,43H,1-2,11-16,21-23,39-40H2. The molecular weight excluding hydrogens is 639 g/mol. The molecule has 5 rings (SSSR count). The number of unbranched alkanes of at least 4 members (excludes halogenated alkanes) is 1. The topological polar surface area (TPSA) is 133 Å². The summed E-state index contributed by atoms with van der Waals surface area (Å²) in [7, 11) is 0. The number of anilines is 1. The summed E-state index contributed by atoms with van der Waals surface area (Å²) in [6.07, 6.45) is 3.59. The van der Waals surface area contributed by atoms with Gasteiger partial charge in [0.25, 0.3) is 0 Å². The fourth-order valence-corrected chi connectivity index (χ4v) is 6.04. The van der Waals surface area contributed by atoms with Gasteiger partial charge in [0.05, 0.1) is 28.4 Å². The number of hydrogen-bond acceptors (Lipinski definition) is 9. The number of nitroso groups, excluding NO2 is 1. The van der Waals surface area contributed by atoms with E-state index in [1.807, 2.05) is 42.5 Å². The van der Waals surface area contributed by atoms with Crippen LogP contribution in [0, 0.1) is 4.91 Å². The van der Waals surface area contributed by atoms with Gasteiger partial charge in [0.15, 0.2) is 0 Å². The number of benzene rings is 4. The summed E-state index contributed by atoms with van der Waals surface area (Å²) in [5.41, 5.74) is 16.4. The van der Waals surface area contributed by atoms with E-state index in [-0.39, 0.29) is 37.2 Å². The van der Waals surface area contributed by atoms with Crippen molar-refractivity contribution in [3.8, 4) is 28.4 Å². The Balaban J connectivity index is 1.19. The number of nitrogen functional groups attached to an aromatic ring is 1. The molecule has 5 N–H and O–H groups in total. The Hall–Kier alpha value is -3.86. The SMILES string of the molecule is NCc1cc(Cl)c(OCc2cccc(-c3cccc(OCCCCN4CCC(O)CC4)c3)c2Cl)cc1OCc1ccc(N=O)c(N)c1. The molecule has 0 bridgehead atoms. The third kappa shape index (κ3) is 9.37. The number of piperidine rings is 1. The van der Waals surface area contributed by atoms with E-state index in [2.05, 4.69) is 10.1 Å². The third-order valence-electron chi connectivity index (χ3n) is 8.22. The molecule has 0 spiro atoms. The summed E-state index contributed by atoms with van der Waals surface area (Å²) >= 11 is 13.5. The molecule has 1 fully saturated rings. The smallest absolute Gasteiger partial charge is 0.142 e. The Morgan fingerprint density at radius 3 is 2.43 bits per heavy atom. The van der Waals surface area contributed by atoms with Gasteiger partial charge in [-0.3, -0.25) is 0 Å². The first-order valence-electron chi connectivity index (χ1n) is 15.8. The maximum absolute atomic E-state index is 10.8. The summed E-state index contributed by atoms with van der Waals surface area (Å²) in [4.78, 5) is 13.3. The lowest BCUT2D eigenvalue weighted by atomic mass is 10.0. The quantitative estimate of drug-likeness (QED) is 0.0657. The molecule has 0 amide bonds. The van der Waals surface area contributed by atoms with Crippen molar-refractivity contribution >= 4 is 34.6 Å². The normalized spacial score (nSPS) is 13.8. The van der Waals surface area contributed by atoms with Gasteiger partial charge in [0.1, 0.15) is 36.1 Å². The van der Waals surface area contributed by atoms with Gasteiger partial charge in [-0.1, -0.05) is 59.6 Å². The molecule has 1 saturated heterocycles. The molecule has 0 aliphatic carbocycles. The molecule has 9 nitrogen and oxygen atoms in total. The number of nitrogens with two attached hydrogens (primary N) is 2. The predicted octanol–water partition coefficient (Wildman–Crippen LogP) is 7.87. The maximum Gasteiger partial charge on any atom is 0.142 e. The molecule has 1 aliphatic heterocycles. The molecule has 0 saturated carbocycles. The van der Waals surface area contributed by atoms with Crippen molar-refractivity contribution < 1.29 is 19.3 Å². The van der Waals surface area contributed by atoms with Crippen molar-refractivity contribution in [1.29, 1.82) is 0 Å². The Labute approximate surface area is 285 Å². The van der Waals surface area contributed by atoms with Crippen LogP contribution in [0.5, 0.6) is 17.2 Å². The van der Waals surface area contributed by atoms with Crippen LogP contribution in [0.2, 0.25) is 10.0 Å². The predicted molar refractivity (Wildman–Crippen MR) is 188 cm³/mol. The van der Waals surface area contributed by atoms with E-state index in [1.165, 1.54) is 0 Å². The Morgan fingerprint density at radius 1 is 0.872 bits per heavy atom. The first kappa shape index (κ1) is 34.5. The minimum absolute atomic E-state index is 0.142. The van der Waals surface area contributed by atoms with Gasteiger partial charge >= 0.3 is 0 Å². The van der Waals surface area contributed by atoms with E-state index in [4.69, 9.17) is 48.9 Å². The molecule has 0 aromatic heterocycles. The summed E-state index contributed by atoms with van der Waals surface area (Å²) in [5.74, 6) is 1.74. The number of rotatable bonds is 15. The average molecular weight is 680 g/mol. The lowest BCUT2D eigenvalue weighted by molar-refractivity contribution is 0.0812. The van der Waals surface area contributed by atoms with E-state index < -0.39 is 0 Å². The van der Waals surface area contributed by atoms with Gasteiger partial charge in [-0.15, -0.1) is 4.91 Å². The minimum Gasteiger partial charge on any atom is -0.494 e. The number of hydrogen-bond donors (Lipinski definition) is 3. The zero-order valence-electron chi connectivity index (χ0n) is 26.2. The second-order valence-corrected chi connectivity index (χ2v) is 12.4. The van der Waals surface area contributed by atoms with Crippen LogP contribution in [-0.4, -0.2) is 42.4 Å². The zero-order chi connectivity index (χ0) is 33.2. The number of aliphatic hydroxyl groups is 1. The van der Waals surface area contributed by atoms with E-state index in [9.17, 15) is 10.0 Å². The molecule has 0 unspecified atom stereocenters. The summed E-state index contributed by atoms with van der Waals surface area (Å²) in [5, 5.41) is 13.6. The molecule has 47 heavy (non-hydrogen) atoms. The van der Waals surface area contributed by atoms with Crippen LogP contribution >= 0.6 is 23.2 Å². The Morgan fingerprint density at radius 2 is 1.66 bits per heavy atom. The van der Waals surface area contributed by atoms with Crippen LogP contribution in [0.15, 0.2) is 78.0 Å². The van der Waals surface area contributed by atoms with Crippen molar-refractivity contribution in [2.45, 2.75) is 51.5 Å². The van der Waals surface area contributed by atoms with Gasteiger partial charge in [-0.25, -0.2) is 0 Å². The molecule has 0 radical (unpaired) electrons. The lowest BCUT2D eigenvalue weighted by Gasteiger charge is -2.29. The highest BCUT2D eigenvalue weighted by molar-refractivity contribution is 6.34. The van der Waals surface area contributed by atoms with Gasteiger partial charge in [-0.2, -0.15) is 0 Å². The average Bonchev–Trinajstić information content (AvgIpc) is 3.08. The Kier molecular flexibility index (Phi) is 12.3. The molecule has 1 aliphatic rings. The number of ether oxygens (including phenoxy) is 3. The molecule has 1 heterocycles. The summed E-state index contributed by atoms with van der Waals surface area (Å²) in [6, 6.07) is 22.1. The number of aliphatic hydroxyl groups excluding tert-OH is 1. The molecule has 0 atom stereocenters. The third-order valence-corrected chi connectivity index (χ3v) is 8.96. The fraction of sp³-hybridized carbons (Fsp3) is 0.333. The van der Waals surface area contributed by atoms with Crippen molar-refractivity contribution in [3.05, 3.63) is 104 Å². The largest absolute Gasteiger partial charge is 0.494 e. The van der Waals surface area contributed by atoms with Gasteiger partial charge in [0, 0.05) is 42.4 Å². The van der Waals surface area contributed by atoms with E-state index in [1.54, 1.807) is 30.3 Å². The van der Waals surface area contributed by atoms with Crippen molar-refractivity contribution in [2.24, 2.45) is 10.9 Å². The van der Waals surface area contributed by atoms with Gasteiger partial charge < -0.3 is 35.7 Å². The highest BCUT2D eigenvalue weighted by Crippen LogP contribution is 2.36. The Bertz CT molecular complexity index is 1660. The van der Waals surface area contributed by atoms with Crippen LogP contribution in [-0.2, 0) is 19.8 Å². The summed E-state index contributed by atoms with van der Waals surface area (Å²) < 4.78 is 18.3. The molecule has 4 aromatic rings. The molecule has 11 heteroatoms. The van der Waals surface area contributed by atoms with Crippen molar-refractivity contribution in [1.82, 2.24) is 4.90 Å². The summed E-state index contributed by atoms with van der Waals surface area (Å²) in [6.45, 7) is 4.18. The molecule has 248 valence electrons. The van der Waals surface area contributed by atoms with Crippen molar-refractivity contribution in [3.63, 3.8) is 0 Å². The minimum atomic E-state index is -0.142. The highest BCUT2D eigenvalue weighted by atomic mass is 35.5. The van der Waals surface area contributed by atoms with Crippen LogP contribution in [0.4, 0.5) is 11.4 Å². The first-order valence-corrected chi connectivity index (χ1v) is 16.5. The second-order valence-electron chi connectivity index (χ2n) is 11.6. The number of likely N-dealkylation sites (tertiary alicyclic amines) is 1. The van der Waals surface area contributed by atoms with Crippen LogP contribution < -0.4 is 25.7 Å². The van der Waals surface area contributed by atoms with Gasteiger partial charge in [-0.05, 0) is 78.9 Å². The highest BCUT2D eigenvalue weighted by Gasteiger charge is 2.17. The van der Waals surface area contributed by atoms with Gasteiger partial charge in [0.2, 0.25) is 0 Å². The molecular formula is C36H40Cl2N4O5. The second kappa shape index (κ2) is 16.8. The number of nitrogens with zero attached hydrogens (tertiary/aromatic N) is 2. The lowest BCUT2D eigenvalue weighted by Crippen LogP contribution is -2.36. The fourth-order valence-electron chi connectivity index (χ4n) is 5.51. The van der Waals surface area contributed by atoms with E-state index in [0.717, 1.165) is 73.3 Å². The molecule has 4 aromatic carbocycles. The first-order chi connectivity index (χ1) is 22.8. The monoisotopic (exact) mass is 678 g/mol. The van der Waals surface area contributed by atoms with E-state index in [0.29, 0.717) is 33.7 Å². The van der Waals surface area contributed by atoms with Crippen LogP contribution in [0.25, 0.3) is 11.1 Å². The zero-order valence-corrected chi connectivity index (χ0v) is 27.7. The number of halogens is 2.